The number of aliphatic hydroxyl groups is 5. The second-order valence-corrected chi connectivity index (χ2v) is 11.6. The van der Waals surface area contributed by atoms with Crippen molar-refractivity contribution in [2.75, 3.05) is 26.3 Å². The van der Waals surface area contributed by atoms with Crippen LogP contribution in [-0.2, 0) is 9.47 Å². The average molecular weight is 562 g/mol. The van der Waals surface area contributed by atoms with Crippen molar-refractivity contribution in [3.05, 3.63) is 0 Å². The summed E-state index contributed by atoms with van der Waals surface area (Å²) >= 11 is 0. The van der Waals surface area contributed by atoms with Crippen molar-refractivity contribution in [1.29, 1.82) is 0 Å². The molecule has 0 bridgehead atoms. The van der Waals surface area contributed by atoms with Crippen LogP contribution < -0.4 is 5.32 Å². The largest absolute Gasteiger partial charge is 0.394 e. The fourth-order valence-electron chi connectivity index (χ4n) is 5.24. The molecule has 1 fully saturated rings. The van der Waals surface area contributed by atoms with Crippen LogP contribution in [0.2, 0.25) is 0 Å². The molecule has 1 aliphatic heterocycles. The van der Waals surface area contributed by atoms with Crippen LogP contribution in [0.4, 0.5) is 0 Å². The van der Waals surface area contributed by atoms with Crippen LogP contribution >= 0.6 is 0 Å². The number of hydrogen-bond donors (Lipinski definition) is 6. The molecule has 0 amide bonds. The second-order valence-electron chi connectivity index (χ2n) is 11.6. The molecule has 1 aliphatic rings. The maximum absolute atomic E-state index is 10.1. The van der Waals surface area contributed by atoms with Gasteiger partial charge in [-0.15, -0.1) is 0 Å². The van der Waals surface area contributed by atoms with Gasteiger partial charge >= 0.3 is 0 Å². The maximum Gasteiger partial charge on any atom is 0.186 e. The van der Waals surface area contributed by atoms with Gasteiger partial charge in [0.05, 0.1) is 19.3 Å². The van der Waals surface area contributed by atoms with E-state index in [1.807, 2.05) is 0 Å². The van der Waals surface area contributed by atoms with Gasteiger partial charge in [-0.05, 0) is 13.0 Å². The fraction of sp³-hybridized carbons (Fsp3) is 1.00. The molecule has 1 heterocycles. The van der Waals surface area contributed by atoms with Crippen LogP contribution in [-0.4, -0.2) is 88.6 Å². The third-order valence-corrected chi connectivity index (χ3v) is 7.89. The Hall–Kier alpha value is -0.320. The lowest BCUT2D eigenvalue weighted by molar-refractivity contribution is -0.304. The van der Waals surface area contributed by atoms with Gasteiger partial charge < -0.3 is 40.3 Å². The highest BCUT2D eigenvalue weighted by atomic mass is 16.7. The van der Waals surface area contributed by atoms with Gasteiger partial charge in [-0.25, -0.2) is 0 Å². The van der Waals surface area contributed by atoms with Crippen LogP contribution in [0.1, 0.15) is 135 Å². The highest BCUT2D eigenvalue weighted by Crippen LogP contribution is 2.22. The molecule has 0 aromatic rings. The van der Waals surface area contributed by atoms with E-state index >= 15 is 0 Å². The van der Waals surface area contributed by atoms with Gasteiger partial charge in [0.15, 0.2) is 6.29 Å². The SMILES string of the molecule is CCCCCCCCCCCCCCCCCCCCCCNCC(O)CO[C@@H]1O[C@H](CO)[C@H](O)[C@H](O)[C@H]1O. The van der Waals surface area contributed by atoms with Crippen molar-refractivity contribution in [2.45, 2.75) is 172 Å². The number of ether oxygens (including phenoxy) is 2. The summed E-state index contributed by atoms with van der Waals surface area (Å²) in [4.78, 5) is 0. The molecule has 8 nitrogen and oxygen atoms in total. The lowest BCUT2D eigenvalue weighted by atomic mass is 9.99. The average Bonchev–Trinajstić information content (AvgIpc) is 2.94. The molecule has 6 N–H and O–H groups in total. The topological polar surface area (TPSA) is 132 Å². The monoisotopic (exact) mass is 561 g/mol. The summed E-state index contributed by atoms with van der Waals surface area (Å²) < 4.78 is 10.6. The summed E-state index contributed by atoms with van der Waals surface area (Å²) in [7, 11) is 0. The van der Waals surface area contributed by atoms with E-state index in [4.69, 9.17) is 9.47 Å². The quantitative estimate of drug-likeness (QED) is 0.0804. The molecule has 0 radical (unpaired) electrons. The van der Waals surface area contributed by atoms with Crippen molar-refractivity contribution >= 4 is 0 Å². The lowest BCUT2D eigenvalue weighted by Crippen LogP contribution is -2.59. The molecular formula is C31H63NO7. The molecule has 0 aliphatic carbocycles. The van der Waals surface area contributed by atoms with Crippen LogP contribution in [0.15, 0.2) is 0 Å². The first-order chi connectivity index (χ1) is 19.0. The molecule has 0 aromatic carbocycles. The summed E-state index contributed by atoms with van der Waals surface area (Å²) in [5, 5.41) is 52.0. The third-order valence-electron chi connectivity index (χ3n) is 7.89. The van der Waals surface area contributed by atoms with Crippen molar-refractivity contribution in [1.82, 2.24) is 5.32 Å². The standard InChI is InChI=1S/C31H63NO7/c1-2-3-4-5-6-7-8-9-10-11-12-13-14-15-16-17-18-19-20-21-22-32-23-26(34)25-38-31-30(37)29(36)28(35)27(24-33)39-31/h26-37H,2-25H2,1H3/t26?,27-,28+,29+,30-,31-/m1/s1. The van der Waals surface area contributed by atoms with Gasteiger partial charge in [0, 0.05) is 6.54 Å². The van der Waals surface area contributed by atoms with Gasteiger partial charge in [-0.1, -0.05) is 129 Å². The molecule has 6 atom stereocenters. The van der Waals surface area contributed by atoms with E-state index in [0.717, 1.165) is 13.0 Å². The van der Waals surface area contributed by atoms with Crippen LogP contribution in [0, 0.1) is 0 Å². The molecule has 0 saturated carbocycles. The summed E-state index contributed by atoms with van der Waals surface area (Å²) in [6.07, 6.45) is 20.0. The Labute approximate surface area is 238 Å². The van der Waals surface area contributed by atoms with E-state index in [1.165, 1.54) is 122 Å². The van der Waals surface area contributed by atoms with E-state index in [9.17, 15) is 25.5 Å². The Morgan fingerprint density at radius 2 is 1.08 bits per heavy atom. The molecular weight excluding hydrogens is 498 g/mol. The minimum Gasteiger partial charge on any atom is -0.394 e. The Bertz CT molecular complexity index is 525. The first-order valence-electron chi connectivity index (χ1n) is 16.3. The van der Waals surface area contributed by atoms with E-state index < -0.39 is 43.4 Å². The summed E-state index contributed by atoms with van der Waals surface area (Å²) in [6.45, 7) is 2.87. The minimum atomic E-state index is -1.48. The normalized spacial score (nSPS) is 24.3. The Morgan fingerprint density at radius 3 is 1.51 bits per heavy atom. The first kappa shape index (κ1) is 36.7. The van der Waals surface area contributed by atoms with Crippen molar-refractivity contribution < 1.29 is 35.0 Å². The number of unbranched alkanes of at least 4 members (excludes halogenated alkanes) is 19. The number of nitrogens with one attached hydrogen (secondary N) is 1. The zero-order chi connectivity index (χ0) is 28.6. The van der Waals surface area contributed by atoms with Gasteiger partial charge in [-0.2, -0.15) is 0 Å². The number of hydrogen-bond acceptors (Lipinski definition) is 8. The van der Waals surface area contributed by atoms with Gasteiger partial charge in [0.1, 0.15) is 24.4 Å². The summed E-state index contributed by atoms with van der Waals surface area (Å²) in [5.74, 6) is 0. The Kier molecular flexibility index (Phi) is 23.9. The predicted molar refractivity (Wildman–Crippen MR) is 157 cm³/mol. The smallest absolute Gasteiger partial charge is 0.186 e. The van der Waals surface area contributed by atoms with Crippen molar-refractivity contribution in [2.24, 2.45) is 0 Å². The Balaban J connectivity index is 1.80. The zero-order valence-electron chi connectivity index (χ0n) is 25.0. The molecule has 1 rings (SSSR count). The van der Waals surface area contributed by atoms with E-state index in [-0.39, 0.29) is 6.61 Å². The summed E-state index contributed by atoms with van der Waals surface area (Å²) in [5.41, 5.74) is 0. The van der Waals surface area contributed by atoms with Crippen molar-refractivity contribution in [3.63, 3.8) is 0 Å². The van der Waals surface area contributed by atoms with Crippen LogP contribution in [0.25, 0.3) is 0 Å². The Morgan fingerprint density at radius 1 is 0.641 bits per heavy atom. The predicted octanol–water partition coefficient (Wildman–Crippen LogP) is 4.58. The number of aliphatic hydroxyl groups excluding tert-OH is 5. The molecule has 8 heteroatoms. The third kappa shape index (κ3) is 18.7. The van der Waals surface area contributed by atoms with E-state index in [0.29, 0.717) is 6.54 Å². The summed E-state index contributed by atoms with van der Waals surface area (Å²) in [6, 6.07) is 0. The molecule has 234 valence electrons. The highest BCUT2D eigenvalue weighted by molar-refractivity contribution is 4.89. The van der Waals surface area contributed by atoms with Gasteiger partial charge in [0.2, 0.25) is 0 Å². The minimum absolute atomic E-state index is 0.0883. The van der Waals surface area contributed by atoms with Gasteiger partial charge in [0.25, 0.3) is 0 Å². The van der Waals surface area contributed by atoms with Crippen LogP contribution in [0.3, 0.4) is 0 Å². The molecule has 39 heavy (non-hydrogen) atoms. The molecule has 0 spiro atoms. The van der Waals surface area contributed by atoms with Gasteiger partial charge in [-0.3, -0.25) is 0 Å². The van der Waals surface area contributed by atoms with E-state index in [1.54, 1.807) is 0 Å². The highest BCUT2D eigenvalue weighted by Gasteiger charge is 2.44. The lowest BCUT2D eigenvalue weighted by Gasteiger charge is -2.39. The number of rotatable bonds is 27. The maximum atomic E-state index is 10.1. The molecule has 0 aromatic heterocycles. The molecule has 1 unspecified atom stereocenters. The zero-order valence-corrected chi connectivity index (χ0v) is 25.0. The van der Waals surface area contributed by atoms with E-state index in [2.05, 4.69) is 12.2 Å². The fourth-order valence-corrected chi connectivity index (χ4v) is 5.24. The molecule has 1 saturated heterocycles. The van der Waals surface area contributed by atoms with Crippen LogP contribution in [0.5, 0.6) is 0 Å². The first-order valence-corrected chi connectivity index (χ1v) is 16.3. The van der Waals surface area contributed by atoms with Crippen molar-refractivity contribution in [3.8, 4) is 0 Å². The second kappa shape index (κ2) is 25.4.